The van der Waals surface area contributed by atoms with Crippen LogP contribution >= 0.6 is 0 Å². The van der Waals surface area contributed by atoms with Gasteiger partial charge in [0.05, 0.1) is 6.61 Å². The van der Waals surface area contributed by atoms with Gasteiger partial charge in [-0.3, -0.25) is 0 Å². The van der Waals surface area contributed by atoms with Crippen molar-refractivity contribution in [3.8, 4) is 5.75 Å². The fourth-order valence-electron chi connectivity index (χ4n) is 3.56. The van der Waals surface area contributed by atoms with Crippen molar-refractivity contribution in [1.29, 1.82) is 0 Å². The van der Waals surface area contributed by atoms with Crippen molar-refractivity contribution in [3.63, 3.8) is 0 Å². The molecule has 1 rings (SSSR count). The SMILES string of the molecule is CCOc1cc(C)c(C(C)C)cc1S(=O)(=O)NC(C)(C)CC(C)(C)C. The molecule has 0 fully saturated rings. The molecular weight excluding hydrogens is 334 g/mol. The molecule has 0 aromatic heterocycles. The van der Waals surface area contributed by atoms with E-state index in [0.29, 0.717) is 12.4 Å². The van der Waals surface area contributed by atoms with Crippen LogP contribution < -0.4 is 9.46 Å². The van der Waals surface area contributed by atoms with Crippen LogP contribution in [0.25, 0.3) is 0 Å². The lowest BCUT2D eigenvalue weighted by Crippen LogP contribution is -2.45. The van der Waals surface area contributed by atoms with E-state index in [-0.39, 0.29) is 16.2 Å². The first-order chi connectivity index (χ1) is 11.2. The zero-order valence-electron chi connectivity index (χ0n) is 17.3. The van der Waals surface area contributed by atoms with Crippen molar-refractivity contribution in [3.05, 3.63) is 23.3 Å². The Labute approximate surface area is 154 Å². The minimum absolute atomic E-state index is 0.0190. The van der Waals surface area contributed by atoms with Gasteiger partial charge in [0.15, 0.2) is 0 Å². The average Bonchev–Trinajstić information content (AvgIpc) is 2.33. The Hall–Kier alpha value is -1.07. The summed E-state index contributed by atoms with van der Waals surface area (Å²) in [5, 5.41) is 0. The summed E-state index contributed by atoms with van der Waals surface area (Å²) in [6.07, 6.45) is 0.728. The summed E-state index contributed by atoms with van der Waals surface area (Å²) >= 11 is 0. The second kappa shape index (κ2) is 7.67. The van der Waals surface area contributed by atoms with Crippen LogP contribution in [0.15, 0.2) is 17.0 Å². The van der Waals surface area contributed by atoms with E-state index in [9.17, 15) is 8.42 Å². The molecule has 0 saturated carbocycles. The van der Waals surface area contributed by atoms with Crippen LogP contribution in [0.4, 0.5) is 0 Å². The van der Waals surface area contributed by atoms with Crippen LogP contribution in [-0.2, 0) is 10.0 Å². The van der Waals surface area contributed by atoms with E-state index >= 15 is 0 Å². The monoisotopic (exact) mass is 369 g/mol. The molecule has 0 unspecified atom stereocenters. The third kappa shape index (κ3) is 6.30. The molecule has 0 saturated heterocycles. The van der Waals surface area contributed by atoms with E-state index in [4.69, 9.17) is 4.74 Å². The van der Waals surface area contributed by atoms with Crippen LogP contribution in [0.5, 0.6) is 5.75 Å². The van der Waals surface area contributed by atoms with Gasteiger partial charge in [-0.05, 0) is 68.7 Å². The molecule has 5 heteroatoms. The Morgan fingerprint density at radius 3 is 2.12 bits per heavy atom. The van der Waals surface area contributed by atoms with Gasteiger partial charge in [0.25, 0.3) is 0 Å². The van der Waals surface area contributed by atoms with Crippen molar-refractivity contribution in [1.82, 2.24) is 4.72 Å². The molecule has 0 bridgehead atoms. The molecule has 0 radical (unpaired) electrons. The predicted octanol–water partition coefficient (Wildman–Crippen LogP) is 5.01. The number of hydrogen-bond acceptors (Lipinski definition) is 3. The maximum atomic E-state index is 13.1. The van der Waals surface area contributed by atoms with Gasteiger partial charge in [0.2, 0.25) is 10.0 Å². The number of benzene rings is 1. The van der Waals surface area contributed by atoms with Gasteiger partial charge in [-0.1, -0.05) is 34.6 Å². The van der Waals surface area contributed by atoms with Gasteiger partial charge in [-0.15, -0.1) is 0 Å². The molecule has 4 nitrogen and oxygen atoms in total. The first kappa shape index (κ1) is 22.0. The van der Waals surface area contributed by atoms with Crippen LogP contribution in [0, 0.1) is 12.3 Å². The summed E-state index contributed by atoms with van der Waals surface area (Å²) in [5.41, 5.74) is 1.54. The van der Waals surface area contributed by atoms with Crippen LogP contribution in [-0.4, -0.2) is 20.6 Å². The lowest BCUT2D eigenvalue weighted by atomic mass is 9.82. The largest absolute Gasteiger partial charge is 0.492 e. The zero-order chi connectivity index (χ0) is 19.6. The molecular formula is C20H35NO3S. The number of ether oxygens (including phenoxy) is 1. The van der Waals surface area contributed by atoms with Gasteiger partial charge in [0.1, 0.15) is 10.6 Å². The standard InChI is InChI=1S/C20H35NO3S/c1-10-24-17-11-15(4)16(14(2)3)12-18(17)25(22,23)21-20(8,9)13-19(5,6)7/h11-12,14,21H,10,13H2,1-9H3. The second-order valence-corrected chi connectivity index (χ2v) is 10.6. The fourth-order valence-corrected chi connectivity index (χ4v) is 5.13. The van der Waals surface area contributed by atoms with E-state index in [1.807, 2.05) is 33.8 Å². The van der Waals surface area contributed by atoms with Gasteiger partial charge >= 0.3 is 0 Å². The number of rotatable bonds is 7. The zero-order valence-corrected chi connectivity index (χ0v) is 18.1. The Balaban J connectivity index is 3.38. The van der Waals surface area contributed by atoms with E-state index in [0.717, 1.165) is 17.5 Å². The highest BCUT2D eigenvalue weighted by Crippen LogP contribution is 2.33. The normalized spacial score (nSPS) is 13.4. The Morgan fingerprint density at radius 2 is 1.68 bits per heavy atom. The van der Waals surface area contributed by atoms with E-state index in [2.05, 4.69) is 39.3 Å². The first-order valence-electron chi connectivity index (χ1n) is 9.00. The van der Waals surface area contributed by atoms with Crippen molar-refractivity contribution in [2.24, 2.45) is 5.41 Å². The quantitative estimate of drug-likeness (QED) is 0.735. The number of aryl methyl sites for hydroxylation is 1. The van der Waals surface area contributed by atoms with Crippen molar-refractivity contribution >= 4 is 10.0 Å². The fraction of sp³-hybridized carbons (Fsp3) is 0.700. The van der Waals surface area contributed by atoms with Crippen LogP contribution in [0.3, 0.4) is 0 Å². The lowest BCUT2D eigenvalue weighted by Gasteiger charge is -2.33. The molecule has 1 aromatic rings. The number of hydrogen-bond donors (Lipinski definition) is 1. The smallest absolute Gasteiger partial charge is 0.244 e. The minimum atomic E-state index is -3.69. The van der Waals surface area contributed by atoms with Gasteiger partial charge < -0.3 is 4.74 Å². The molecule has 0 aliphatic rings. The van der Waals surface area contributed by atoms with E-state index in [1.54, 1.807) is 6.07 Å². The molecule has 1 aromatic carbocycles. The topological polar surface area (TPSA) is 55.4 Å². The maximum absolute atomic E-state index is 13.1. The first-order valence-corrected chi connectivity index (χ1v) is 10.5. The summed E-state index contributed by atoms with van der Waals surface area (Å²) in [6.45, 7) is 18.6. The summed E-state index contributed by atoms with van der Waals surface area (Å²) in [6, 6.07) is 3.60. The second-order valence-electron chi connectivity index (χ2n) is 8.97. The maximum Gasteiger partial charge on any atom is 0.244 e. The highest BCUT2D eigenvalue weighted by molar-refractivity contribution is 7.89. The highest BCUT2D eigenvalue weighted by Gasteiger charge is 2.32. The van der Waals surface area contributed by atoms with Crippen molar-refractivity contribution in [2.45, 2.75) is 85.1 Å². The summed E-state index contributed by atoms with van der Waals surface area (Å²) in [7, 11) is -3.69. The molecule has 1 N–H and O–H groups in total. The highest BCUT2D eigenvalue weighted by atomic mass is 32.2. The molecule has 0 spiro atoms. The van der Waals surface area contributed by atoms with Gasteiger partial charge in [-0.25, -0.2) is 13.1 Å². The Bertz CT molecular complexity index is 698. The molecule has 0 heterocycles. The third-order valence-corrected chi connectivity index (χ3v) is 5.65. The third-order valence-electron chi connectivity index (χ3n) is 3.93. The predicted molar refractivity (Wildman–Crippen MR) is 105 cm³/mol. The minimum Gasteiger partial charge on any atom is -0.492 e. The molecule has 0 aliphatic heterocycles. The number of sulfonamides is 1. The summed E-state index contributed by atoms with van der Waals surface area (Å²) in [4.78, 5) is 0.227. The molecule has 0 aliphatic carbocycles. The van der Waals surface area contributed by atoms with Gasteiger partial charge in [0, 0.05) is 5.54 Å². The lowest BCUT2D eigenvalue weighted by molar-refractivity contribution is 0.269. The van der Waals surface area contributed by atoms with Crippen molar-refractivity contribution < 1.29 is 13.2 Å². The van der Waals surface area contributed by atoms with Crippen molar-refractivity contribution in [2.75, 3.05) is 6.61 Å². The van der Waals surface area contributed by atoms with E-state index < -0.39 is 15.6 Å². The van der Waals surface area contributed by atoms with Crippen LogP contribution in [0.1, 0.15) is 78.9 Å². The Kier molecular flexibility index (Phi) is 6.74. The average molecular weight is 370 g/mol. The van der Waals surface area contributed by atoms with Gasteiger partial charge in [-0.2, -0.15) is 0 Å². The number of nitrogens with one attached hydrogen (secondary N) is 1. The Morgan fingerprint density at radius 1 is 1.12 bits per heavy atom. The van der Waals surface area contributed by atoms with Crippen LogP contribution in [0.2, 0.25) is 0 Å². The summed E-state index contributed by atoms with van der Waals surface area (Å²) < 4.78 is 34.8. The molecule has 144 valence electrons. The molecule has 0 atom stereocenters. The summed E-state index contributed by atoms with van der Waals surface area (Å²) in [5.74, 6) is 0.663. The molecule has 25 heavy (non-hydrogen) atoms. The molecule has 0 amide bonds. The van der Waals surface area contributed by atoms with E-state index in [1.165, 1.54) is 0 Å².